The number of Topliss-reactive ketones (excluding diaryl/α,β-unsaturated/α-hetero) is 1. The lowest BCUT2D eigenvalue weighted by Crippen LogP contribution is -2.68. The molecule has 0 aromatic carbocycles. The van der Waals surface area contributed by atoms with Crippen LogP contribution in [0.15, 0.2) is 11.1 Å². The Balaban J connectivity index is 1.90. The maximum Gasteiger partial charge on any atom is 0.174 e. The number of aliphatic hydroxyl groups excluding tert-OH is 2. The third kappa shape index (κ3) is 2.01. The average molecular weight is 350 g/mol. The van der Waals surface area contributed by atoms with Crippen molar-refractivity contribution in [3.63, 3.8) is 0 Å². The lowest BCUT2D eigenvalue weighted by molar-refractivity contribution is -0.241. The zero-order valence-corrected chi connectivity index (χ0v) is 15.6. The van der Waals surface area contributed by atoms with Gasteiger partial charge in [0, 0.05) is 17.8 Å². The lowest BCUT2D eigenvalue weighted by atomic mass is 9.47. The molecule has 1 aliphatic heterocycles. The molecule has 140 valence electrons. The molecule has 5 heteroatoms. The Hall–Kier alpha value is -0.750. The molecular weight excluding hydrogens is 320 g/mol. The molecule has 0 amide bonds. The second-order valence-electron chi connectivity index (χ2n) is 9.50. The van der Waals surface area contributed by atoms with Gasteiger partial charge in [-0.1, -0.05) is 19.4 Å². The first kappa shape index (κ1) is 17.7. The summed E-state index contributed by atoms with van der Waals surface area (Å²) in [6, 6.07) is 0. The van der Waals surface area contributed by atoms with Crippen LogP contribution in [0.2, 0.25) is 0 Å². The normalized spacial score (nSPS) is 51.8. The van der Waals surface area contributed by atoms with E-state index in [1.807, 2.05) is 20.8 Å². The summed E-state index contributed by atoms with van der Waals surface area (Å²) in [6.07, 6.45) is 0.0513. The molecule has 1 saturated heterocycles. The summed E-state index contributed by atoms with van der Waals surface area (Å²) in [7, 11) is 0. The highest BCUT2D eigenvalue weighted by Gasteiger charge is 2.65. The van der Waals surface area contributed by atoms with Crippen LogP contribution in [0.1, 0.15) is 53.4 Å². The SMILES string of the molecule is CC1=C2C(O)C(=O)C3(C)C(CC(O)(CC1)C2(C)C)C1CO[C@@H]1C[C@@H]3O. The summed E-state index contributed by atoms with van der Waals surface area (Å²) >= 11 is 0. The van der Waals surface area contributed by atoms with E-state index in [4.69, 9.17) is 4.74 Å². The Labute approximate surface area is 149 Å². The summed E-state index contributed by atoms with van der Waals surface area (Å²) in [4.78, 5) is 13.4. The molecule has 5 nitrogen and oxygen atoms in total. The van der Waals surface area contributed by atoms with Gasteiger partial charge >= 0.3 is 0 Å². The number of hydrogen-bond donors (Lipinski definition) is 3. The van der Waals surface area contributed by atoms with Crippen molar-refractivity contribution in [3.8, 4) is 0 Å². The van der Waals surface area contributed by atoms with E-state index in [0.29, 0.717) is 37.9 Å². The number of aliphatic hydroxyl groups is 3. The minimum absolute atomic E-state index is 0.0375. The number of fused-ring (bicyclic) bond motifs is 5. The Morgan fingerprint density at radius 3 is 2.48 bits per heavy atom. The summed E-state index contributed by atoms with van der Waals surface area (Å²) in [6.45, 7) is 8.19. The molecule has 2 bridgehead atoms. The Morgan fingerprint density at radius 1 is 1.20 bits per heavy atom. The van der Waals surface area contributed by atoms with E-state index in [1.165, 1.54) is 0 Å². The van der Waals surface area contributed by atoms with Crippen LogP contribution in [0.4, 0.5) is 0 Å². The van der Waals surface area contributed by atoms with Gasteiger partial charge in [0.25, 0.3) is 0 Å². The molecule has 3 N–H and O–H groups in total. The smallest absolute Gasteiger partial charge is 0.174 e. The topological polar surface area (TPSA) is 87.0 Å². The first-order chi connectivity index (χ1) is 11.5. The Bertz CT molecular complexity index is 652. The standard InChI is InChI=1S/C20H30O5/c1-10-5-6-20(24)8-12-11-9-25-13(11)7-14(21)19(12,4)17(23)16(22)15(10)18(20,2)3/h11-14,16,21-22,24H,5-9H2,1-4H3/t11?,12?,13-,14+,16?,19?,20?/m1/s1. The van der Waals surface area contributed by atoms with Gasteiger partial charge < -0.3 is 20.1 Å². The van der Waals surface area contributed by atoms with Crippen molar-refractivity contribution in [3.05, 3.63) is 11.1 Å². The zero-order valence-electron chi connectivity index (χ0n) is 15.6. The molecular formula is C20H30O5. The number of carbonyl (C=O) groups excluding carboxylic acids is 1. The first-order valence-electron chi connectivity index (χ1n) is 9.48. The Morgan fingerprint density at radius 2 is 1.88 bits per heavy atom. The van der Waals surface area contributed by atoms with E-state index in [0.717, 1.165) is 5.57 Å². The summed E-state index contributed by atoms with van der Waals surface area (Å²) < 4.78 is 5.61. The molecule has 0 spiro atoms. The van der Waals surface area contributed by atoms with Crippen molar-refractivity contribution in [1.29, 1.82) is 0 Å². The minimum Gasteiger partial charge on any atom is -0.392 e. The second kappa shape index (κ2) is 5.16. The van der Waals surface area contributed by atoms with E-state index in [2.05, 4.69) is 0 Å². The fourth-order valence-corrected chi connectivity index (χ4v) is 6.18. The van der Waals surface area contributed by atoms with Crippen LogP contribution >= 0.6 is 0 Å². The molecule has 1 heterocycles. The van der Waals surface area contributed by atoms with Crippen LogP contribution in [0.5, 0.6) is 0 Å². The van der Waals surface area contributed by atoms with Crippen LogP contribution in [0.3, 0.4) is 0 Å². The van der Waals surface area contributed by atoms with Gasteiger partial charge in [-0.25, -0.2) is 0 Å². The van der Waals surface area contributed by atoms with E-state index in [-0.39, 0.29) is 23.7 Å². The van der Waals surface area contributed by atoms with E-state index >= 15 is 0 Å². The van der Waals surface area contributed by atoms with Crippen molar-refractivity contribution >= 4 is 5.78 Å². The highest BCUT2D eigenvalue weighted by molar-refractivity contribution is 5.92. The second-order valence-corrected chi connectivity index (χ2v) is 9.50. The van der Waals surface area contributed by atoms with E-state index in [1.54, 1.807) is 6.92 Å². The number of allylic oxidation sites excluding steroid dienone is 1. The van der Waals surface area contributed by atoms with Gasteiger partial charge in [-0.05, 0) is 44.6 Å². The third-order valence-corrected chi connectivity index (χ3v) is 8.24. The first-order valence-corrected chi connectivity index (χ1v) is 9.48. The van der Waals surface area contributed by atoms with Gasteiger partial charge in [-0.3, -0.25) is 4.79 Å². The van der Waals surface area contributed by atoms with Crippen LogP contribution in [-0.4, -0.2) is 51.6 Å². The van der Waals surface area contributed by atoms with Gasteiger partial charge in [-0.15, -0.1) is 0 Å². The monoisotopic (exact) mass is 350 g/mol. The maximum absolute atomic E-state index is 13.4. The molecule has 0 aromatic rings. The quantitative estimate of drug-likeness (QED) is 0.578. The lowest BCUT2D eigenvalue weighted by Gasteiger charge is -2.61. The summed E-state index contributed by atoms with van der Waals surface area (Å²) in [5.74, 6) is -0.305. The van der Waals surface area contributed by atoms with Crippen LogP contribution in [-0.2, 0) is 9.53 Å². The fourth-order valence-electron chi connectivity index (χ4n) is 6.18. The highest BCUT2D eigenvalue weighted by atomic mass is 16.5. The molecule has 2 saturated carbocycles. The molecule has 7 atom stereocenters. The third-order valence-electron chi connectivity index (χ3n) is 8.24. The van der Waals surface area contributed by atoms with E-state index < -0.39 is 28.6 Å². The van der Waals surface area contributed by atoms with Crippen molar-refractivity contribution < 1.29 is 24.9 Å². The van der Waals surface area contributed by atoms with Crippen LogP contribution < -0.4 is 0 Å². The molecule has 4 aliphatic rings. The minimum atomic E-state index is -1.26. The van der Waals surface area contributed by atoms with Crippen molar-refractivity contribution in [2.24, 2.45) is 22.7 Å². The van der Waals surface area contributed by atoms with Gasteiger partial charge in [0.1, 0.15) is 6.10 Å². The summed E-state index contributed by atoms with van der Waals surface area (Å²) in [5.41, 5.74) is -1.06. The van der Waals surface area contributed by atoms with Crippen molar-refractivity contribution in [2.45, 2.75) is 77.3 Å². The van der Waals surface area contributed by atoms with Crippen LogP contribution in [0, 0.1) is 22.7 Å². The molecule has 3 aliphatic carbocycles. The largest absolute Gasteiger partial charge is 0.392 e. The molecule has 5 unspecified atom stereocenters. The van der Waals surface area contributed by atoms with Gasteiger partial charge in [-0.2, -0.15) is 0 Å². The summed E-state index contributed by atoms with van der Waals surface area (Å²) in [5, 5.41) is 33.5. The molecule has 25 heavy (non-hydrogen) atoms. The number of carbonyl (C=O) groups is 1. The average Bonchev–Trinajstić information content (AvgIpc) is 2.51. The van der Waals surface area contributed by atoms with Crippen molar-refractivity contribution in [2.75, 3.05) is 6.61 Å². The zero-order chi connectivity index (χ0) is 18.4. The number of hydrogen-bond acceptors (Lipinski definition) is 5. The predicted molar refractivity (Wildman–Crippen MR) is 91.7 cm³/mol. The number of ether oxygens (including phenoxy) is 1. The predicted octanol–water partition coefficient (Wildman–Crippen LogP) is 1.59. The Kier molecular flexibility index (Phi) is 3.64. The molecule has 0 radical (unpaired) electrons. The van der Waals surface area contributed by atoms with Gasteiger partial charge in [0.05, 0.1) is 29.8 Å². The molecule has 0 aromatic heterocycles. The fraction of sp³-hybridized carbons (Fsp3) is 0.850. The van der Waals surface area contributed by atoms with Gasteiger partial charge in [0.2, 0.25) is 0 Å². The van der Waals surface area contributed by atoms with Crippen molar-refractivity contribution in [1.82, 2.24) is 0 Å². The number of rotatable bonds is 0. The van der Waals surface area contributed by atoms with Gasteiger partial charge in [0.15, 0.2) is 5.78 Å². The number of ketones is 1. The maximum atomic E-state index is 13.4. The van der Waals surface area contributed by atoms with E-state index in [9.17, 15) is 20.1 Å². The molecule has 4 rings (SSSR count). The molecule has 3 fully saturated rings. The van der Waals surface area contributed by atoms with Crippen LogP contribution in [0.25, 0.3) is 0 Å². The highest BCUT2D eigenvalue weighted by Crippen LogP contribution is 2.60.